The summed E-state index contributed by atoms with van der Waals surface area (Å²) < 4.78 is 0. The summed E-state index contributed by atoms with van der Waals surface area (Å²) >= 11 is 0. The number of piperazine rings is 1. The lowest BCUT2D eigenvalue weighted by atomic mass is 10.1. The number of amides is 1. The zero-order valence-corrected chi connectivity index (χ0v) is 17.7. The first-order chi connectivity index (χ1) is 15.1. The maximum Gasteiger partial charge on any atom is 0.223 e. The molecule has 0 atom stereocenters. The van der Waals surface area contributed by atoms with Gasteiger partial charge in [-0.05, 0) is 6.92 Å². The van der Waals surface area contributed by atoms with Gasteiger partial charge in [-0.25, -0.2) is 9.97 Å². The molecule has 1 aromatic heterocycles. The van der Waals surface area contributed by atoms with E-state index in [4.69, 9.17) is 0 Å². The van der Waals surface area contributed by atoms with E-state index in [2.05, 4.69) is 14.9 Å². The van der Waals surface area contributed by atoms with Crippen molar-refractivity contribution < 1.29 is 9.59 Å². The number of aryl methyl sites for hydroxylation is 1. The maximum absolute atomic E-state index is 12.6. The van der Waals surface area contributed by atoms with E-state index in [1.807, 2.05) is 66.4 Å². The Hall–Kier alpha value is -3.54. The van der Waals surface area contributed by atoms with Gasteiger partial charge < -0.3 is 9.80 Å². The molecular formula is C25H26N4O2. The summed E-state index contributed by atoms with van der Waals surface area (Å²) in [4.78, 5) is 38.1. The summed E-state index contributed by atoms with van der Waals surface area (Å²) in [5.41, 5.74) is 2.63. The Bertz CT molecular complexity index is 1050. The summed E-state index contributed by atoms with van der Waals surface area (Å²) in [6.07, 6.45) is 0.493. The number of benzene rings is 2. The summed E-state index contributed by atoms with van der Waals surface area (Å²) in [5, 5.41) is 0. The topological polar surface area (TPSA) is 66.4 Å². The van der Waals surface area contributed by atoms with Gasteiger partial charge in [0.05, 0.1) is 5.69 Å². The van der Waals surface area contributed by atoms with Gasteiger partial charge >= 0.3 is 0 Å². The van der Waals surface area contributed by atoms with Crippen molar-refractivity contribution in [3.63, 3.8) is 0 Å². The van der Waals surface area contributed by atoms with Gasteiger partial charge in [-0.15, -0.1) is 0 Å². The van der Waals surface area contributed by atoms with Gasteiger partial charge in [0.15, 0.2) is 5.78 Å². The predicted molar refractivity (Wildman–Crippen MR) is 121 cm³/mol. The monoisotopic (exact) mass is 414 g/mol. The molecule has 2 heterocycles. The van der Waals surface area contributed by atoms with Crippen molar-refractivity contribution in [1.82, 2.24) is 14.9 Å². The number of nitrogens with zero attached hydrogens (tertiary/aromatic N) is 4. The largest absolute Gasteiger partial charge is 0.353 e. The first-order valence-electron chi connectivity index (χ1n) is 10.6. The highest BCUT2D eigenvalue weighted by Crippen LogP contribution is 2.22. The van der Waals surface area contributed by atoms with Gasteiger partial charge in [-0.1, -0.05) is 60.7 Å². The Kier molecular flexibility index (Phi) is 6.36. The average molecular weight is 415 g/mol. The molecule has 0 unspecified atom stereocenters. The molecule has 1 aliphatic heterocycles. The van der Waals surface area contributed by atoms with Gasteiger partial charge in [0.2, 0.25) is 5.91 Å². The van der Waals surface area contributed by atoms with Crippen molar-refractivity contribution in [2.24, 2.45) is 0 Å². The zero-order chi connectivity index (χ0) is 21.6. The molecule has 0 N–H and O–H groups in total. The van der Waals surface area contributed by atoms with E-state index in [0.717, 1.165) is 22.9 Å². The molecular weight excluding hydrogens is 388 g/mol. The van der Waals surface area contributed by atoms with Crippen molar-refractivity contribution in [2.45, 2.75) is 19.8 Å². The third-order valence-corrected chi connectivity index (χ3v) is 5.51. The third kappa shape index (κ3) is 5.15. The van der Waals surface area contributed by atoms with E-state index in [-0.39, 0.29) is 24.5 Å². The molecule has 1 aliphatic rings. The second kappa shape index (κ2) is 9.51. The van der Waals surface area contributed by atoms with Gasteiger partial charge in [-0.3, -0.25) is 9.59 Å². The number of hydrogen-bond acceptors (Lipinski definition) is 5. The van der Waals surface area contributed by atoms with Crippen LogP contribution in [0.1, 0.15) is 29.0 Å². The van der Waals surface area contributed by atoms with Crippen LogP contribution in [0, 0.1) is 6.92 Å². The summed E-state index contributed by atoms with van der Waals surface area (Å²) in [6.45, 7) is 4.58. The van der Waals surface area contributed by atoms with Crippen molar-refractivity contribution in [1.29, 1.82) is 0 Å². The third-order valence-electron chi connectivity index (χ3n) is 5.51. The van der Waals surface area contributed by atoms with Gasteiger partial charge in [0, 0.05) is 56.2 Å². The highest BCUT2D eigenvalue weighted by molar-refractivity contribution is 5.97. The van der Waals surface area contributed by atoms with Gasteiger partial charge in [0.1, 0.15) is 11.6 Å². The Morgan fingerprint density at radius 2 is 1.48 bits per heavy atom. The number of ketones is 1. The molecule has 0 saturated carbocycles. The van der Waals surface area contributed by atoms with Crippen LogP contribution in [0.2, 0.25) is 0 Å². The standard InChI is InChI=1S/C25H26N4O2/c1-19-26-22(20-8-4-2-5-9-20)18-24(27-19)28-14-16-29(17-15-28)25(31)13-12-23(30)21-10-6-3-7-11-21/h2-11,18H,12-17H2,1H3. The number of hydrogen-bond donors (Lipinski definition) is 0. The fourth-order valence-electron chi connectivity index (χ4n) is 3.80. The van der Waals surface area contributed by atoms with E-state index < -0.39 is 0 Å². The van der Waals surface area contributed by atoms with Crippen LogP contribution in [0.15, 0.2) is 66.7 Å². The van der Waals surface area contributed by atoms with Crippen LogP contribution in [0.25, 0.3) is 11.3 Å². The molecule has 0 radical (unpaired) electrons. The smallest absolute Gasteiger partial charge is 0.223 e. The van der Waals surface area contributed by atoms with E-state index in [1.165, 1.54) is 0 Å². The quantitative estimate of drug-likeness (QED) is 0.575. The van der Waals surface area contributed by atoms with E-state index in [1.54, 1.807) is 12.1 Å². The summed E-state index contributed by atoms with van der Waals surface area (Å²) in [5.74, 6) is 1.66. The SMILES string of the molecule is Cc1nc(-c2ccccc2)cc(N2CCN(C(=O)CCC(=O)c3ccccc3)CC2)n1. The number of carbonyl (C=O) groups is 2. The molecule has 0 spiro atoms. The molecule has 1 amide bonds. The first kappa shape index (κ1) is 20.7. The van der Waals surface area contributed by atoms with Crippen LogP contribution in [0.5, 0.6) is 0 Å². The van der Waals surface area contributed by atoms with Gasteiger partial charge in [0.25, 0.3) is 0 Å². The maximum atomic E-state index is 12.6. The molecule has 3 aromatic rings. The Labute approximate surface area is 182 Å². The molecule has 158 valence electrons. The van der Waals surface area contributed by atoms with Crippen molar-refractivity contribution in [3.05, 3.63) is 78.1 Å². The molecule has 6 heteroatoms. The molecule has 1 saturated heterocycles. The second-order valence-electron chi connectivity index (χ2n) is 7.68. The molecule has 2 aromatic carbocycles. The highest BCUT2D eigenvalue weighted by Gasteiger charge is 2.23. The fraction of sp³-hybridized carbons (Fsp3) is 0.280. The molecule has 31 heavy (non-hydrogen) atoms. The van der Waals surface area contributed by atoms with Crippen LogP contribution in [0.3, 0.4) is 0 Å². The van der Waals surface area contributed by atoms with Crippen molar-refractivity contribution in [3.8, 4) is 11.3 Å². The number of anilines is 1. The lowest BCUT2D eigenvalue weighted by Crippen LogP contribution is -2.49. The number of Topliss-reactive ketones (excluding diaryl/α,β-unsaturated/α-hetero) is 1. The van der Waals surface area contributed by atoms with Crippen LogP contribution < -0.4 is 4.90 Å². The van der Waals surface area contributed by atoms with Crippen molar-refractivity contribution in [2.75, 3.05) is 31.1 Å². The Morgan fingerprint density at radius 1 is 0.839 bits per heavy atom. The van der Waals surface area contributed by atoms with Gasteiger partial charge in [-0.2, -0.15) is 0 Å². The normalized spacial score (nSPS) is 13.8. The molecule has 6 nitrogen and oxygen atoms in total. The first-order valence-corrected chi connectivity index (χ1v) is 10.6. The molecule has 0 bridgehead atoms. The lowest BCUT2D eigenvalue weighted by molar-refractivity contribution is -0.131. The van der Waals surface area contributed by atoms with Crippen molar-refractivity contribution >= 4 is 17.5 Å². The molecule has 0 aliphatic carbocycles. The van der Waals surface area contributed by atoms with Crippen LogP contribution >= 0.6 is 0 Å². The van der Waals surface area contributed by atoms with Crippen LogP contribution in [-0.4, -0.2) is 52.7 Å². The Morgan fingerprint density at radius 3 is 2.16 bits per heavy atom. The lowest BCUT2D eigenvalue weighted by Gasteiger charge is -2.35. The summed E-state index contributed by atoms with van der Waals surface area (Å²) in [7, 11) is 0. The minimum atomic E-state index is 0.0116. The predicted octanol–water partition coefficient (Wildman–Crippen LogP) is 3.76. The number of rotatable bonds is 6. The minimum Gasteiger partial charge on any atom is -0.353 e. The minimum absolute atomic E-state index is 0.0116. The fourth-order valence-corrected chi connectivity index (χ4v) is 3.80. The number of aromatic nitrogens is 2. The molecule has 4 rings (SSSR count). The summed E-state index contributed by atoms with van der Waals surface area (Å²) in [6, 6.07) is 21.2. The van der Waals surface area contributed by atoms with Crippen LogP contribution in [0.4, 0.5) is 5.82 Å². The average Bonchev–Trinajstić information content (AvgIpc) is 2.83. The van der Waals surface area contributed by atoms with E-state index in [9.17, 15) is 9.59 Å². The molecule has 1 fully saturated rings. The highest BCUT2D eigenvalue weighted by atomic mass is 16.2. The Balaban J connectivity index is 1.34. The van der Waals surface area contributed by atoms with Crippen LogP contribution in [-0.2, 0) is 4.79 Å². The second-order valence-corrected chi connectivity index (χ2v) is 7.68. The van der Waals surface area contributed by atoms with E-state index >= 15 is 0 Å². The number of carbonyl (C=O) groups excluding carboxylic acids is 2. The zero-order valence-electron chi connectivity index (χ0n) is 17.7. The van der Waals surface area contributed by atoms with E-state index in [0.29, 0.717) is 31.7 Å².